The molecule has 12 heteroatoms. The molecule has 11 nitrogen and oxygen atoms in total. The second-order valence-corrected chi connectivity index (χ2v) is 8.27. The number of esters is 1. The number of nitro benzene ring substituents is 1. The Kier molecular flexibility index (Phi) is 10.0. The van der Waals surface area contributed by atoms with Gasteiger partial charge in [-0.25, -0.2) is 0 Å². The highest BCUT2D eigenvalue weighted by Crippen LogP contribution is 2.29. The maximum atomic E-state index is 12.2. The van der Waals surface area contributed by atoms with Gasteiger partial charge in [0.15, 0.2) is 6.61 Å². The number of anilines is 2. The van der Waals surface area contributed by atoms with Crippen LogP contribution in [-0.4, -0.2) is 36.4 Å². The Bertz CT molecular complexity index is 1300. The summed E-state index contributed by atoms with van der Waals surface area (Å²) in [7, 11) is 1.38. The van der Waals surface area contributed by atoms with Crippen molar-refractivity contribution in [2.24, 2.45) is 0 Å². The average Bonchev–Trinajstić information content (AvgIpc) is 2.89. The third kappa shape index (κ3) is 8.79. The van der Waals surface area contributed by atoms with Crippen LogP contribution < -0.4 is 20.1 Å². The van der Waals surface area contributed by atoms with Crippen molar-refractivity contribution in [2.75, 3.05) is 24.4 Å². The molecule has 0 unspecified atom stereocenters. The number of amides is 2. The highest BCUT2D eigenvalue weighted by molar-refractivity contribution is 6.30. The normalized spacial score (nSPS) is 10.3. The summed E-state index contributed by atoms with van der Waals surface area (Å²) < 4.78 is 15.6. The van der Waals surface area contributed by atoms with E-state index in [4.69, 9.17) is 25.8 Å². The van der Waals surface area contributed by atoms with Gasteiger partial charge in [0.2, 0.25) is 5.91 Å². The van der Waals surface area contributed by atoms with E-state index in [1.165, 1.54) is 25.3 Å². The van der Waals surface area contributed by atoms with Crippen LogP contribution in [0.2, 0.25) is 5.02 Å². The lowest BCUT2D eigenvalue weighted by molar-refractivity contribution is -0.383. The minimum Gasteiger partial charge on any atom is -0.497 e. The SMILES string of the molecule is COc1ccc([N+](=O)[O-])c(NC(=O)COC(=O)CCCC(=O)Nc2ccc(Oc3ccc(Cl)cc3)cc2)c1. The molecule has 0 saturated heterocycles. The minimum atomic E-state index is -0.754. The van der Waals surface area contributed by atoms with Crippen molar-refractivity contribution in [1.29, 1.82) is 0 Å². The van der Waals surface area contributed by atoms with Crippen molar-refractivity contribution < 1.29 is 33.5 Å². The fourth-order valence-electron chi connectivity index (χ4n) is 3.17. The van der Waals surface area contributed by atoms with Crippen LogP contribution in [0.1, 0.15) is 19.3 Å². The third-order valence-corrected chi connectivity index (χ3v) is 5.26. The molecule has 2 amide bonds. The van der Waals surface area contributed by atoms with Gasteiger partial charge in [0.25, 0.3) is 11.6 Å². The van der Waals surface area contributed by atoms with E-state index < -0.39 is 23.4 Å². The molecule has 0 saturated carbocycles. The van der Waals surface area contributed by atoms with Gasteiger partial charge in [0.1, 0.15) is 22.9 Å². The topological polar surface area (TPSA) is 146 Å². The lowest BCUT2D eigenvalue weighted by atomic mass is 10.2. The van der Waals surface area contributed by atoms with E-state index >= 15 is 0 Å². The Labute approximate surface area is 222 Å². The van der Waals surface area contributed by atoms with Crippen LogP contribution >= 0.6 is 11.6 Å². The van der Waals surface area contributed by atoms with Crippen molar-refractivity contribution in [3.63, 3.8) is 0 Å². The molecular formula is C26H24ClN3O8. The summed E-state index contributed by atoms with van der Waals surface area (Å²) in [6, 6.07) is 17.5. The van der Waals surface area contributed by atoms with Crippen molar-refractivity contribution in [3.8, 4) is 17.2 Å². The average molecular weight is 542 g/mol. The zero-order chi connectivity index (χ0) is 27.5. The highest BCUT2D eigenvalue weighted by atomic mass is 35.5. The quantitative estimate of drug-likeness (QED) is 0.177. The summed E-state index contributed by atoms with van der Waals surface area (Å²) in [4.78, 5) is 46.7. The largest absolute Gasteiger partial charge is 0.497 e. The first kappa shape index (κ1) is 27.9. The third-order valence-electron chi connectivity index (χ3n) is 5.01. The monoisotopic (exact) mass is 541 g/mol. The number of carbonyl (C=O) groups excluding carboxylic acids is 3. The Hall–Kier alpha value is -4.64. The number of nitrogens with one attached hydrogen (secondary N) is 2. The van der Waals surface area contributed by atoms with Crippen LogP contribution in [-0.2, 0) is 19.1 Å². The summed E-state index contributed by atoms with van der Waals surface area (Å²) in [5, 5.41) is 16.8. The Morgan fingerprint density at radius 3 is 2.13 bits per heavy atom. The van der Waals surface area contributed by atoms with E-state index in [1.807, 2.05) is 0 Å². The number of hydrogen-bond acceptors (Lipinski definition) is 8. The van der Waals surface area contributed by atoms with Gasteiger partial charge in [-0.05, 0) is 61.0 Å². The lowest BCUT2D eigenvalue weighted by Gasteiger charge is -2.09. The lowest BCUT2D eigenvalue weighted by Crippen LogP contribution is -2.21. The van der Waals surface area contributed by atoms with E-state index in [-0.39, 0.29) is 36.5 Å². The highest BCUT2D eigenvalue weighted by Gasteiger charge is 2.18. The Balaban J connectivity index is 1.36. The molecule has 2 N–H and O–H groups in total. The molecule has 0 atom stereocenters. The molecule has 0 aromatic heterocycles. The van der Waals surface area contributed by atoms with E-state index in [0.29, 0.717) is 28.0 Å². The van der Waals surface area contributed by atoms with Crippen LogP contribution in [0.4, 0.5) is 17.1 Å². The van der Waals surface area contributed by atoms with Gasteiger partial charge in [0.05, 0.1) is 12.0 Å². The first-order valence-corrected chi connectivity index (χ1v) is 11.7. The Morgan fingerprint density at radius 1 is 0.868 bits per heavy atom. The molecule has 0 bridgehead atoms. The molecule has 38 heavy (non-hydrogen) atoms. The number of benzene rings is 3. The molecule has 198 valence electrons. The maximum absolute atomic E-state index is 12.2. The molecule has 3 rings (SSSR count). The van der Waals surface area contributed by atoms with Gasteiger partial charge in [-0.1, -0.05) is 11.6 Å². The van der Waals surface area contributed by atoms with Crippen LogP contribution in [0.15, 0.2) is 66.7 Å². The van der Waals surface area contributed by atoms with Crippen molar-refractivity contribution in [3.05, 3.63) is 81.9 Å². The van der Waals surface area contributed by atoms with Crippen molar-refractivity contribution >= 4 is 46.4 Å². The predicted molar refractivity (Wildman–Crippen MR) is 140 cm³/mol. The summed E-state index contributed by atoms with van der Waals surface area (Å²) in [5.41, 5.74) is 0.140. The molecule has 3 aromatic rings. The summed E-state index contributed by atoms with van der Waals surface area (Å²) in [5.74, 6) is -0.223. The van der Waals surface area contributed by atoms with Gasteiger partial charge in [0, 0.05) is 35.7 Å². The minimum absolute atomic E-state index is 0.0559. The standard InChI is InChI=1S/C26H24ClN3O8/c1-36-21-13-14-23(30(34)35)22(15-21)29-25(32)16-37-26(33)4-2-3-24(31)28-18-7-11-20(12-8-18)38-19-9-5-17(27)6-10-19/h5-15H,2-4,16H2,1H3,(H,28,31)(H,29,32). The van der Waals surface area contributed by atoms with Gasteiger partial charge < -0.3 is 24.8 Å². The van der Waals surface area contributed by atoms with Crippen LogP contribution in [0.5, 0.6) is 17.2 Å². The second-order valence-electron chi connectivity index (χ2n) is 7.83. The van der Waals surface area contributed by atoms with Crippen molar-refractivity contribution in [1.82, 2.24) is 0 Å². The molecule has 0 aliphatic heterocycles. The smallest absolute Gasteiger partial charge is 0.306 e. The molecule has 0 heterocycles. The summed E-state index contributed by atoms with van der Waals surface area (Å²) in [6.45, 7) is -0.635. The van der Waals surface area contributed by atoms with Crippen LogP contribution in [0.25, 0.3) is 0 Å². The number of nitro groups is 1. The van der Waals surface area contributed by atoms with E-state index in [1.54, 1.807) is 48.5 Å². The van der Waals surface area contributed by atoms with E-state index in [0.717, 1.165) is 0 Å². The van der Waals surface area contributed by atoms with Gasteiger partial charge in [-0.3, -0.25) is 24.5 Å². The predicted octanol–water partition coefficient (Wildman–Crippen LogP) is 5.34. The van der Waals surface area contributed by atoms with Gasteiger partial charge in [-0.15, -0.1) is 0 Å². The van der Waals surface area contributed by atoms with Gasteiger partial charge in [-0.2, -0.15) is 0 Å². The number of carbonyl (C=O) groups is 3. The van der Waals surface area contributed by atoms with Crippen LogP contribution in [0, 0.1) is 10.1 Å². The first-order chi connectivity index (χ1) is 18.2. The summed E-state index contributed by atoms with van der Waals surface area (Å²) >= 11 is 5.85. The molecule has 0 fully saturated rings. The molecule has 0 aliphatic carbocycles. The number of ether oxygens (including phenoxy) is 3. The molecular weight excluding hydrogens is 518 g/mol. The number of nitrogens with zero attached hydrogens (tertiary/aromatic N) is 1. The fraction of sp³-hybridized carbons (Fsp3) is 0.192. The Morgan fingerprint density at radius 2 is 1.50 bits per heavy atom. The maximum Gasteiger partial charge on any atom is 0.306 e. The van der Waals surface area contributed by atoms with Gasteiger partial charge >= 0.3 is 5.97 Å². The van der Waals surface area contributed by atoms with E-state index in [2.05, 4.69) is 10.6 Å². The number of rotatable bonds is 12. The summed E-state index contributed by atoms with van der Waals surface area (Å²) in [6.07, 6.45) is 0.166. The van der Waals surface area contributed by atoms with E-state index in [9.17, 15) is 24.5 Å². The molecule has 3 aromatic carbocycles. The van der Waals surface area contributed by atoms with Crippen molar-refractivity contribution in [2.45, 2.75) is 19.3 Å². The second kappa shape index (κ2) is 13.6. The van der Waals surface area contributed by atoms with Crippen LogP contribution in [0.3, 0.4) is 0 Å². The number of methoxy groups -OCH3 is 1. The number of hydrogen-bond donors (Lipinski definition) is 2. The zero-order valence-electron chi connectivity index (χ0n) is 20.3. The zero-order valence-corrected chi connectivity index (χ0v) is 21.0. The first-order valence-electron chi connectivity index (χ1n) is 11.3. The fourth-order valence-corrected chi connectivity index (χ4v) is 3.29. The molecule has 0 aliphatic rings. The molecule has 0 radical (unpaired) electrons. The molecule has 0 spiro atoms. The number of halogens is 1.